The summed E-state index contributed by atoms with van der Waals surface area (Å²) in [5, 5.41) is 4.00. The van der Waals surface area contributed by atoms with Gasteiger partial charge in [0.2, 0.25) is 5.91 Å². The van der Waals surface area contributed by atoms with Gasteiger partial charge in [0.05, 0.1) is 11.5 Å². The van der Waals surface area contributed by atoms with Crippen LogP contribution in [-0.2, 0) is 28.9 Å². The standard InChI is InChI=1S/C26H33N3O3S/c1-2-8-22-21-13-16-29(26(31)32-18-17-28-14-6-7-15-28)19-23(21)33-25(22)27-24(30)12-11-20-9-4-3-5-10-20/h3-5,9-12H,2,6-8,13-19H2,1H3,(H,27,30)/b12-11+. The minimum absolute atomic E-state index is 0.131. The Hall–Kier alpha value is -2.64. The van der Waals surface area contributed by atoms with Gasteiger partial charge < -0.3 is 15.0 Å². The quantitative estimate of drug-likeness (QED) is 0.559. The van der Waals surface area contributed by atoms with Crippen LogP contribution >= 0.6 is 11.3 Å². The maximum Gasteiger partial charge on any atom is 0.410 e. The van der Waals surface area contributed by atoms with Gasteiger partial charge in [-0.3, -0.25) is 9.69 Å². The molecule has 3 heterocycles. The number of thiophene rings is 1. The molecule has 1 fully saturated rings. The fourth-order valence-corrected chi connectivity index (χ4v) is 5.80. The number of rotatable bonds is 8. The van der Waals surface area contributed by atoms with Crippen molar-refractivity contribution in [2.45, 2.75) is 45.6 Å². The second kappa shape index (κ2) is 11.5. The van der Waals surface area contributed by atoms with Gasteiger partial charge in [0.25, 0.3) is 0 Å². The molecule has 0 bridgehead atoms. The van der Waals surface area contributed by atoms with Gasteiger partial charge in [-0.05, 0) is 61.5 Å². The highest BCUT2D eigenvalue weighted by Gasteiger charge is 2.27. The summed E-state index contributed by atoms with van der Waals surface area (Å²) in [6.45, 7) is 6.83. The number of nitrogens with one attached hydrogen (secondary N) is 1. The summed E-state index contributed by atoms with van der Waals surface area (Å²) >= 11 is 1.59. The molecule has 0 unspecified atom stereocenters. The number of carbonyl (C=O) groups is 2. The Labute approximate surface area is 200 Å². The first kappa shape index (κ1) is 23.5. The monoisotopic (exact) mass is 467 g/mol. The van der Waals surface area contributed by atoms with Crippen LogP contribution in [-0.4, -0.2) is 54.6 Å². The van der Waals surface area contributed by atoms with Crippen LogP contribution in [0.4, 0.5) is 9.80 Å². The van der Waals surface area contributed by atoms with Crippen LogP contribution in [0.25, 0.3) is 6.08 Å². The number of nitrogens with zero attached hydrogens (tertiary/aromatic N) is 2. The third kappa shape index (κ3) is 6.24. The Morgan fingerprint density at radius 2 is 1.94 bits per heavy atom. The molecule has 0 aliphatic carbocycles. The van der Waals surface area contributed by atoms with Crippen molar-refractivity contribution in [3.8, 4) is 0 Å². The van der Waals surface area contributed by atoms with Gasteiger partial charge in [0.1, 0.15) is 6.61 Å². The van der Waals surface area contributed by atoms with E-state index < -0.39 is 0 Å². The number of anilines is 1. The van der Waals surface area contributed by atoms with Gasteiger partial charge in [0, 0.05) is 24.0 Å². The van der Waals surface area contributed by atoms with E-state index in [0.717, 1.165) is 54.3 Å². The molecule has 0 atom stereocenters. The zero-order valence-electron chi connectivity index (χ0n) is 19.3. The van der Waals surface area contributed by atoms with Crippen molar-refractivity contribution in [2.24, 2.45) is 0 Å². The summed E-state index contributed by atoms with van der Waals surface area (Å²) < 4.78 is 5.55. The maximum atomic E-state index is 12.6. The fraction of sp³-hybridized carbons (Fsp3) is 0.462. The average Bonchev–Trinajstić information content (AvgIpc) is 3.46. The largest absolute Gasteiger partial charge is 0.448 e. The van der Waals surface area contributed by atoms with E-state index >= 15 is 0 Å². The molecule has 4 rings (SSSR count). The lowest BCUT2D eigenvalue weighted by Crippen LogP contribution is -2.37. The molecule has 0 saturated carbocycles. The maximum absolute atomic E-state index is 12.6. The first-order valence-corrected chi connectivity index (χ1v) is 12.8. The number of carbonyl (C=O) groups excluding carboxylic acids is 2. The fourth-order valence-electron chi connectivity index (χ4n) is 4.49. The molecular weight excluding hydrogens is 434 g/mol. The molecule has 0 radical (unpaired) electrons. The highest BCUT2D eigenvalue weighted by atomic mass is 32.1. The average molecular weight is 468 g/mol. The number of likely N-dealkylation sites (tertiary alicyclic amines) is 1. The summed E-state index contributed by atoms with van der Waals surface area (Å²) in [5.41, 5.74) is 3.51. The number of hydrogen-bond donors (Lipinski definition) is 1. The highest BCUT2D eigenvalue weighted by molar-refractivity contribution is 7.16. The number of fused-ring (bicyclic) bond motifs is 1. The van der Waals surface area contributed by atoms with Crippen molar-refractivity contribution in [1.29, 1.82) is 0 Å². The molecule has 1 N–H and O–H groups in total. The number of benzene rings is 1. The Bertz CT molecular complexity index is 980. The van der Waals surface area contributed by atoms with E-state index in [0.29, 0.717) is 19.7 Å². The van der Waals surface area contributed by atoms with Crippen molar-refractivity contribution in [2.75, 3.05) is 38.1 Å². The predicted molar refractivity (Wildman–Crippen MR) is 134 cm³/mol. The summed E-state index contributed by atoms with van der Waals surface area (Å²) in [6, 6.07) is 9.79. The minimum atomic E-state index is -0.235. The molecule has 2 amide bonds. The van der Waals surface area contributed by atoms with Crippen LogP contribution in [0, 0.1) is 0 Å². The van der Waals surface area contributed by atoms with Crippen LogP contribution in [0.15, 0.2) is 36.4 Å². The molecule has 176 valence electrons. The molecule has 2 aromatic rings. The Morgan fingerprint density at radius 3 is 2.70 bits per heavy atom. The molecule has 1 saturated heterocycles. The molecule has 1 aromatic carbocycles. The van der Waals surface area contributed by atoms with Crippen molar-refractivity contribution in [3.63, 3.8) is 0 Å². The van der Waals surface area contributed by atoms with E-state index in [1.807, 2.05) is 36.4 Å². The molecule has 0 spiro atoms. The summed E-state index contributed by atoms with van der Waals surface area (Å²) in [6.07, 6.45) is 8.37. The Balaban J connectivity index is 1.37. The van der Waals surface area contributed by atoms with E-state index in [9.17, 15) is 9.59 Å². The Kier molecular flexibility index (Phi) is 8.18. The molecule has 1 aromatic heterocycles. The SMILES string of the molecule is CCCc1c(NC(=O)/C=C/c2ccccc2)sc2c1CCN(C(=O)OCCN1CCCC1)C2. The third-order valence-electron chi connectivity index (χ3n) is 6.22. The molecule has 2 aliphatic rings. The highest BCUT2D eigenvalue weighted by Crippen LogP contribution is 2.38. The second-order valence-corrected chi connectivity index (χ2v) is 9.73. The van der Waals surface area contributed by atoms with Crippen molar-refractivity contribution in [1.82, 2.24) is 9.80 Å². The minimum Gasteiger partial charge on any atom is -0.448 e. The third-order valence-corrected chi connectivity index (χ3v) is 7.39. The van der Waals surface area contributed by atoms with Crippen LogP contribution in [0.2, 0.25) is 0 Å². The van der Waals surface area contributed by atoms with Crippen LogP contribution in [0.5, 0.6) is 0 Å². The molecule has 6 nitrogen and oxygen atoms in total. The van der Waals surface area contributed by atoms with E-state index in [2.05, 4.69) is 17.1 Å². The van der Waals surface area contributed by atoms with Crippen molar-refractivity contribution in [3.05, 3.63) is 58.0 Å². The van der Waals surface area contributed by atoms with E-state index in [4.69, 9.17) is 4.74 Å². The Morgan fingerprint density at radius 1 is 1.15 bits per heavy atom. The summed E-state index contributed by atoms with van der Waals surface area (Å²) in [7, 11) is 0. The second-order valence-electron chi connectivity index (χ2n) is 8.63. The lowest BCUT2D eigenvalue weighted by molar-refractivity contribution is -0.111. The first-order valence-electron chi connectivity index (χ1n) is 12.0. The van der Waals surface area contributed by atoms with Gasteiger partial charge in [-0.2, -0.15) is 0 Å². The predicted octanol–water partition coefficient (Wildman–Crippen LogP) is 4.94. The van der Waals surface area contributed by atoms with E-state index in [1.54, 1.807) is 22.3 Å². The zero-order valence-corrected chi connectivity index (χ0v) is 20.2. The van der Waals surface area contributed by atoms with Crippen LogP contribution in [0.3, 0.4) is 0 Å². The lowest BCUT2D eigenvalue weighted by atomic mass is 10.00. The van der Waals surface area contributed by atoms with Crippen LogP contribution < -0.4 is 5.32 Å². The number of amides is 2. The van der Waals surface area contributed by atoms with E-state index in [-0.39, 0.29) is 12.0 Å². The number of hydrogen-bond acceptors (Lipinski definition) is 5. The van der Waals surface area contributed by atoms with E-state index in [1.165, 1.54) is 24.0 Å². The van der Waals surface area contributed by atoms with Crippen molar-refractivity contribution < 1.29 is 14.3 Å². The smallest absolute Gasteiger partial charge is 0.410 e. The van der Waals surface area contributed by atoms with Gasteiger partial charge in [-0.25, -0.2) is 4.79 Å². The van der Waals surface area contributed by atoms with Gasteiger partial charge in [0.15, 0.2) is 0 Å². The molecule has 33 heavy (non-hydrogen) atoms. The normalized spacial score (nSPS) is 16.2. The molecular formula is C26H33N3O3S. The molecule has 7 heteroatoms. The van der Waals surface area contributed by atoms with Crippen LogP contribution in [0.1, 0.15) is 47.8 Å². The molecule has 2 aliphatic heterocycles. The topological polar surface area (TPSA) is 61.9 Å². The van der Waals surface area contributed by atoms with Gasteiger partial charge in [-0.15, -0.1) is 11.3 Å². The summed E-state index contributed by atoms with van der Waals surface area (Å²) in [5.74, 6) is -0.131. The lowest BCUT2D eigenvalue weighted by Gasteiger charge is -2.27. The van der Waals surface area contributed by atoms with Gasteiger partial charge >= 0.3 is 6.09 Å². The summed E-state index contributed by atoms with van der Waals surface area (Å²) in [4.78, 5) is 30.5. The number of ether oxygens (including phenoxy) is 1. The van der Waals surface area contributed by atoms with Crippen molar-refractivity contribution >= 4 is 34.4 Å². The first-order chi connectivity index (χ1) is 16.1. The zero-order chi connectivity index (χ0) is 23.0. The van der Waals surface area contributed by atoms with Gasteiger partial charge in [-0.1, -0.05) is 43.7 Å².